The number of nitrogens with one attached hydrogen (secondary N) is 3. The first kappa shape index (κ1) is 114. The molecule has 138 heavy (non-hydrogen) atoms. The SMILES string of the molecule is C=CCCCC(=O)N1CCC[C@H]1C(=O)N1CCC[C@H]1C(=O)CCC(=O)N[C@@H](Cc1ccc(O)cc1)C(=O)O.CCCCC/C=C\C/C=C\CCCCCCCC(=O)N1CCC[C@H]1C(=O)N1CCC[C@H]1C(=O)CCC(=O)N[C@@H](Cc1ccc(O)cc1)C(=O)O.CCCCCCCC/C=C\CCCCCCCC(=O)N1CCC[C@H]1C(=O)N1CCC[C@H]1C(=O)CCC(=O)N[C@@H](Cc1ccc(O)cc1)C(=O)O. The minimum Gasteiger partial charge on any atom is -0.508 e. The molecular weight excluding hydrogens is 1760 g/mol. The van der Waals surface area contributed by atoms with Crippen molar-refractivity contribution < 1.29 is 103 Å². The van der Waals surface area contributed by atoms with Crippen LogP contribution < -0.4 is 16.0 Å². The molecule has 3 aromatic carbocycles. The van der Waals surface area contributed by atoms with Crippen LogP contribution in [0.2, 0.25) is 0 Å². The fraction of sp³-hybridized carbons (Fsp3) is 0.620. The maximum atomic E-state index is 13.7. The fourth-order valence-corrected chi connectivity index (χ4v) is 19.1. The Bertz CT molecular complexity index is 4460. The average Bonchev–Trinajstić information content (AvgIpc) is 1.67. The lowest BCUT2D eigenvalue weighted by atomic mass is 10.0. The van der Waals surface area contributed by atoms with E-state index >= 15 is 0 Å². The summed E-state index contributed by atoms with van der Waals surface area (Å²) < 4.78 is 0. The molecule has 9 atom stereocenters. The van der Waals surface area contributed by atoms with E-state index in [-0.39, 0.29) is 128 Å². The molecule has 6 saturated heterocycles. The Morgan fingerprint density at radius 3 is 0.841 bits per heavy atom. The highest BCUT2D eigenvalue weighted by Crippen LogP contribution is 2.32. The number of carboxylic acids is 3. The van der Waals surface area contributed by atoms with E-state index in [1.165, 1.54) is 113 Å². The maximum absolute atomic E-state index is 13.7. The van der Waals surface area contributed by atoms with Crippen LogP contribution in [0.4, 0.5) is 0 Å². The molecule has 0 spiro atoms. The van der Waals surface area contributed by atoms with Gasteiger partial charge in [0.25, 0.3) is 0 Å². The second-order valence-corrected chi connectivity index (χ2v) is 37.7. The van der Waals surface area contributed by atoms with Gasteiger partial charge in [0.05, 0.1) is 18.1 Å². The van der Waals surface area contributed by atoms with Gasteiger partial charge in [0.2, 0.25) is 53.2 Å². The molecule has 6 aliphatic rings. The first-order valence-corrected chi connectivity index (χ1v) is 51.5. The number of allylic oxidation sites excluding steroid dienone is 7. The second-order valence-electron chi connectivity index (χ2n) is 37.7. The van der Waals surface area contributed by atoms with Gasteiger partial charge in [0.1, 0.15) is 53.5 Å². The van der Waals surface area contributed by atoms with Crippen molar-refractivity contribution in [3.63, 3.8) is 0 Å². The van der Waals surface area contributed by atoms with Gasteiger partial charge in [0.15, 0.2) is 17.3 Å². The van der Waals surface area contributed by atoms with Crippen LogP contribution in [-0.4, -0.2) is 242 Å². The molecule has 0 unspecified atom stereocenters. The Hall–Kier alpha value is -11.3. The zero-order chi connectivity index (χ0) is 99.9. The lowest BCUT2D eigenvalue weighted by molar-refractivity contribution is -0.146. The molecule has 0 saturated carbocycles. The van der Waals surface area contributed by atoms with Crippen molar-refractivity contribution >= 4 is 88.4 Å². The standard InChI is InChI=1S/C40H61N3O7.C40H59N3O7.C28H37N3O7/c2*1-2-3-4-5-6-7-8-9-10-11-12-13-14-15-16-21-38(47)42-28-18-20-35(42)39(48)43-29-17-19-34(43)36(45)26-27-37(46)41-33(40(49)50)30-31-22-24-32(44)25-23-31;1-2-3-4-9-26(35)30-16-6-8-23(30)27(36)31-17-5-7-22(31)24(33)14-15-25(34)29-21(28(37)38)18-19-10-12-20(32)13-11-19/h9-10,22-25,33-35,44H,2-8,11-21,26-30H2,1H3,(H,41,46)(H,49,50);6-7,9-10,22-25,33-35,44H,2-5,8,11-21,26-30H2,1H3,(H,41,46)(H,49,50);2,10-13,21-23,32H,1,3-9,14-18H2,(H,29,34)(H,37,38)/b10-9-;7-6-,10-9-;/t2*33-,34-,35-;21-,22-,23-/m000/s1. The Balaban J connectivity index is 0.000000285. The topological polar surface area (TPSA) is 433 Å². The number of hydrogen-bond acceptors (Lipinski definition) is 18. The highest BCUT2D eigenvalue weighted by atomic mass is 16.4. The largest absolute Gasteiger partial charge is 0.508 e. The monoisotopic (exact) mass is 1920 g/mol. The normalized spacial score (nSPS) is 18.6. The van der Waals surface area contributed by atoms with E-state index in [4.69, 9.17) is 0 Å². The molecule has 760 valence electrons. The van der Waals surface area contributed by atoms with Crippen LogP contribution in [0.5, 0.6) is 17.2 Å². The molecule has 30 nitrogen and oxygen atoms in total. The predicted molar refractivity (Wildman–Crippen MR) is 528 cm³/mol. The number of phenolic OH excluding ortho intramolecular Hbond substituents is 3. The molecule has 30 heteroatoms. The lowest BCUT2D eigenvalue weighted by Gasteiger charge is -2.31. The van der Waals surface area contributed by atoms with Gasteiger partial charge in [-0.25, -0.2) is 14.4 Å². The minimum absolute atomic E-state index is 0.00515. The van der Waals surface area contributed by atoms with Gasteiger partial charge in [0, 0.05) is 116 Å². The highest BCUT2D eigenvalue weighted by Gasteiger charge is 2.46. The number of ketones is 3. The molecule has 6 fully saturated rings. The predicted octanol–water partition coefficient (Wildman–Crippen LogP) is 15.7. The first-order valence-electron chi connectivity index (χ1n) is 51.5. The van der Waals surface area contributed by atoms with E-state index in [0.717, 1.165) is 103 Å². The third kappa shape index (κ3) is 40.6. The molecule has 0 aromatic heterocycles. The van der Waals surface area contributed by atoms with Crippen molar-refractivity contribution in [2.45, 2.75) is 389 Å². The summed E-state index contributed by atoms with van der Waals surface area (Å²) >= 11 is 0. The number of unbranched alkanes of at least 4 members (excludes halogenated alkanes) is 20. The third-order valence-electron chi connectivity index (χ3n) is 26.9. The van der Waals surface area contributed by atoms with Gasteiger partial charge < -0.3 is 76.0 Å². The molecule has 6 aliphatic heterocycles. The fourth-order valence-electron chi connectivity index (χ4n) is 19.1. The molecule has 9 N–H and O–H groups in total. The molecule has 0 radical (unpaired) electrons. The number of phenols is 3. The van der Waals surface area contributed by atoms with Gasteiger partial charge in [-0.15, -0.1) is 6.58 Å². The van der Waals surface area contributed by atoms with E-state index in [9.17, 15) is 103 Å². The molecule has 0 bridgehead atoms. The number of aromatic hydroxyl groups is 3. The Labute approximate surface area is 816 Å². The van der Waals surface area contributed by atoms with Gasteiger partial charge in [-0.3, -0.25) is 57.5 Å². The maximum Gasteiger partial charge on any atom is 0.326 e. The van der Waals surface area contributed by atoms with E-state index in [2.05, 4.69) is 72.8 Å². The van der Waals surface area contributed by atoms with Crippen LogP contribution in [0.1, 0.15) is 332 Å². The van der Waals surface area contributed by atoms with Crippen LogP contribution in [0.3, 0.4) is 0 Å². The van der Waals surface area contributed by atoms with Crippen molar-refractivity contribution in [2.75, 3.05) is 39.3 Å². The molecule has 9 rings (SSSR count). The summed E-state index contributed by atoms with van der Waals surface area (Å²) in [5.74, 6) is -6.39. The number of likely N-dealkylation sites (tertiary alicyclic amines) is 6. The van der Waals surface area contributed by atoms with Crippen LogP contribution >= 0.6 is 0 Å². The van der Waals surface area contributed by atoms with Gasteiger partial charge in [-0.1, -0.05) is 176 Å². The highest BCUT2D eigenvalue weighted by molar-refractivity contribution is 5.98. The molecule has 6 heterocycles. The zero-order valence-corrected chi connectivity index (χ0v) is 82.0. The number of nitrogens with zero attached hydrogens (tertiary/aromatic N) is 6. The van der Waals surface area contributed by atoms with E-state index < -0.39 is 90.0 Å². The summed E-state index contributed by atoms with van der Waals surface area (Å²) in [5, 5.41) is 64.4. The number of carboxylic acid groups (broad SMARTS) is 3. The average molecular weight is 1920 g/mol. The number of hydrogen-bond donors (Lipinski definition) is 9. The van der Waals surface area contributed by atoms with Crippen LogP contribution in [0, 0.1) is 0 Å². The van der Waals surface area contributed by atoms with Crippen LogP contribution in [0.15, 0.2) is 122 Å². The summed E-state index contributed by atoms with van der Waals surface area (Å²) in [6.45, 7) is 11.1. The smallest absolute Gasteiger partial charge is 0.326 e. The summed E-state index contributed by atoms with van der Waals surface area (Å²) in [6.07, 6.45) is 52.7. The number of Topliss-reactive ketones (excluding diaryl/α,β-unsaturated/α-hetero) is 3. The number of carbonyl (C=O) groups excluding carboxylic acids is 12. The van der Waals surface area contributed by atoms with Crippen molar-refractivity contribution in [1.29, 1.82) is 0 Å². The van der Waals surface area contributed by atoms with E-state index in [0.29, 0.717) is 139 Å². The number of rotatable bonds is 60. The lowest BCUT2D eigenvalue weighted by Crippen LogP contribution is -2.51. The van der Waals surface area contributed by atoms with Gasteiger partial charge >= 0.3 is 17.9 Å². The van der Waals surface area contributed by atoms with Crippen molar-refractivity contribution in [1.82, 2.24) is 45.3 Å². The molecular formula is C108H157N9O21. The Kier molecular flexibility index (Phi) is 52.7. The number of benzene rings is 3. The van der Waals surface area contributed by atoms with E-state index in [1.807, 2.05) is 0 Å². The number of amides is 9. The quantitative estimate of drug-likeness (QED) is 0.0187. The van der Waals surface area contributed by atoms with Crippen molar-refractivity contribution in [2.24, 2.45) is 0 Å². The Morgan fingerprint density at radius 2 is 0.551 bits per heavy atom. The Morgan fingerprint density at radius 1 is 0.304 bits per heavy atom. The van der Waals surface area contributed by atoms with Gasteiger partial charge in [-0.05, 0) is 214 Å². The zero-order valence-electron chi connectivity index (χ0n) is 82.0. The minimum atomic E-state index is -1.20. The van der Waals surface area contributed by atoms with Gasteiger partial charge in [-0.2, -0.15) is 0 Å². The third-order valence-corrected chi connectivity index (χ3v) is 26.9. The summed E-state index contributed by atoms with van der Waals surface area (Å²) in [4.78, 5) is 202. The second kappa shape index (κ2) is 64.0. The summed E-state index contributed by atoms with van der Waals surface area (Å²) in [5.41, 5.74) is 1.91. The molecule has 3 aromatic rings. The van der Waals surface area contributed by atoms with Crippen LogP contribution in [0.25, 0.3) is 0 Å². The molecule has 9 amide bonds. The number of aliphatic carboxylic acids is 3. The van der Waals surface area contributed by atoms with E-state index in [1.54, 1.807) is 71.9 Å². The number of carbonyl (C=O) groups is 15. The summed E-state index contributed by atoms with van der Waals surface area (Å²) in [7, 11) is 0. The first-order chi connectivity index (χ1) is 66.6. The van der Waals surface area contributed by atoms with Crippen molar-refractivity contribution in [3.8, 4) is 17.2 Å². The van der Waals surface area contributed by atoms with Crippen LogP contribution in [-0.2, 0) is 91.2 Å². The molecule has 0 aliphatic carbocycles. The summed E-state index contributed by atoms with van der Waals surface area (Å²) in [6, 6.07) is 11.1. The van der Waals surface area contributed by atoms with Crippen molar-refractivity contribution in [3.05, 3.63) is 139 Å².